The van der Waals surface area contributed by atoms with Gasteiger partial charge in [-0.05, 0) is 80.2 Å². The minimum atomic E-state index is 0.857. The Hall–Kier alpha value is -5.80. The molecule has 3 nitrogen and oxygen atoms in total. The lowest BCUT2D eigenvalue weighted by Gasteiger charge is -2.18. The second kappa shape index (κ2) is 8.37. The van der Waals surface area contributed by atoms with E-state index < -0.39 is 0 Å². The largest absolute Gasteiger partial charge is 0.464 e. The number of hydrogen-bond acceptors (Lipinski definition) is 3. The molecule has 0 bridgehead atoms. The Morgan fingerprint density at radius 1 is 0.302 bits per heavy atom. The molecule has 0 spiro atoms. The molecule has 10 aromatic rings. The quantitative estimate of drug-likeness (QED) is 0.201. The molecule has 0 fully saturated rings. The highest BCUT2D eigenvalue weighted by Crippen LogP contribution is 2.49. The molecule has 0 saturated carbocycles. The predicted octanol–water partition coefficient (Wildman–Crippen LogP) is 11.9. The second-order valence-corrected chi connectivity index (χ2v) is 11.2. The normalized spacial score (nSPS) is 12.2. The molecule has 3 heterocycles. The van der Waals surface area contributed by atoms with Crippen molar-refractivity contribution in [2.45, 2.75) is 0 Å². The molecule has 0 aliphatic heterocycles. The maximum atomic E-state index is 6.44. The van der Waals surface area contributed by atoms with Gasteiger partial charge in [0.2, 0.25) is 0 Å². The third-order valence-corrected chi connectivity index (χ3v) is 8.97. The topological polar surface area (TPSA) is 39.4 Å². The van der Waals surface area contributed by atoms with E-state index in [1.54, 1.807) is 6.26 Å². The van der Waals surface area contributed by atoms with Gasteiger partial charge in [0.05, 0.1) is 6.26 Å². The van der Waals surface area contributed by atoms with E-state index in [4.69, 9.17) is 13.3 Å². The second-order valence-electron chi connectivity index (χ2n) is 11.2. The summed E-state index contributed by atoms with van der Waals surface area (Å²) in [4.78, 5) is 0. The molecule has 0 N–H and O–H groups in total. The van der Waals surface area contributed by atoms with E-state index in [9.17, 15) is 0 Å². The summed E-state index contributed by atoms with van der Waals surface area (Å²) in [5.74, 6) is 0. The molecule has 0 saturated heterocycles. The average Bonchev–Trinajstić information content (AvgIpc) is 3.78. The monoisotopic (exact) mass is 550 g/mol. The molecule has 0 aliphatic carbocycles. The Bertz CT molecular complexity index is 2680. The first-order chi connectivity index (χ1) is 21.3. The maximum Gasteiger partial charge on any atom is 0.136 e. The smallest absolute Gasteiger partial charge is 0.136 e. The van der Waals surface area contributed by atoms with Crippen molar-refractivity contribution >= 4 is 76.4 Å². The molecule has 200 valence electrons. The Balaban J connectivity index is 1.41. The molecule has 3 aromatic heterocycles. The van der Waals surface area contributed by atoms with E-state index in [1.165, 1.54) is 38.2 Å². The van der Waals surface area contributed by atoms with Crippen molar-refractivity contribution < 1.29 is 13.3 Å². The van der Waals surface area contributed by atoms with Gasteiger partial charge in [-0.25, -0.2) is 0 Å². The van der Waals surface area contributed by atoms with Crippen molar-refractivity contribution in [2.24, 2.45) is 0 Å². The number of para-hydroxylation sites is 1. The molecule has 0 amide bonds. The summed E-state index contributed by atoms with van der Waals surface area (Å²) in [6.07, 6.45) is 1.76. The minimum Gasteiger partial charge on any atom is -0.464 e. The SMILES string of the molecule is c1ccc2c(c1)oc1cccc(-c3c4ccccc4c(-c4cccc5oc6ccc7occc7c6c45)c4ccccc34)c12. The summed E-state index contributed by atoms with van der Waals surface area (Å²) in [6.45, 7) is 0. The highest BCUT2D eigenvalue weighted by Gasteiger charge is 2.23. The van der Waals surface area contributed by atoms with Crippen LogP contribution in [-0.2, 0) is 0 Å². The number of hydrogen-bond donors (Lipinski definition) is 0. The fourth-order valence-electron chi connectivity index (χ4n) is 7.26. The van der Waals surface area contributed by atoms with Crippen molar-refractivity contribution in [3.8, 4) is 22.3 Å². The Morgan fingerprint density at radius 3 is 1.44 bits per heavy atom. The van der Waals surface area contributed by atoms with Gasteiger partial charge in [-0.15, -0.1) is 0 Å². The van der Waals surface area contributed by atoms with E-state index in [2.05, 4.69) is 97.1 Å². The summed E-state index contributed by atoms with van der Waals surface area (Å²) in [5, 5.41) is 10.3. The lowest BCUT2D eigenvalue weighted by molar-refractivity contribution is 0.615. The van der Waals surface area contributed by atoms with Crippen LogP contribution in [0.1, 0.15) is 0 Å². The molecule has 3 heteroatoms. The van der Waals surface area contributed by atoms with Crippen LogP contribution in [0.5, 0.6) is 0 Å². The molecule has 7 aromatic carbocycles. The summed E-state index contributed by atoms with van der Waals surface area (Å²) >= 11 is 0. The number of fused-ring (bicyclic) bond motifs is 10. The van der Waals surface area contributed by atoms with Gasteiger partial charge in [-0.1, -0.05) is 91.0 Å². The fraction of sp³-hybridized carbons (Fsp3) is 0. The van der Waals surface area contributed by atoms with Gasteiger partial charge in [0, 0.05) is 26.9 Å². The van der Waals surface area contributed by atoms with Crippen molar-refractivity contribution in [3.05, 3.63) is 134 Å². The Morgan fingerprint density at radius 2 is 0.767 bits per heavy atom. The van der Waals surface area contributed by atoms with Crippen LogP contribution >= 0.6 is 0 Å². The van der Waals surface area contributed by atoms with Crippen LogP contribution in [0, 0.1) is 0 Å². The average molecular weight is 551 g/mol. The van der Waals surface area contributed by atoms with E-state index in [-0.39, 0.29) is 0 Å². The fourth-order valence-corrected chi connectivity index (χ4v) is 7.26. The van der Waals surface area contributed by atoms with E-state index in [0.717, 1.165) is 60.4 Å². The third-order valence-electron chi connectivity index (χ3n) is 8.97. The first kappa shape index (κ1) is 22.8. The summed E-state index contributed by atoms with van der Waals surface area (Å²) < 4.78 is 18.6. The van der Waals surface area contributed by atoms with Gasteiger partial charge in [-0.3, -0.25) is 0 Å². The summed E-state index contributed by atoms with van der Waals surface area (Å²) in [7, 11) is 0. The van der Waals surface area contributed by atoms with Gasteiger partial charge < -0.3 is 13.3 Å². The standard InChI is InChI=1S/C40H22O3/c1-3-11-25-23(9-1)36(29-14-7-17-33-38(29)27-13-5-6-16-32(27)42-33)24-10-2-4-12-26(24)37(25)30-15-8-18-34-40(30)39-28-21-22-41-31(28)19-20-35(39)43-34/h1-22H. The Kier molecular flexibility index (Phi) is 4.45. The van der Waals surface area contributed by atoms with Crippen molar-refractivity contribution in [3.63, 3.8) is 0 Å². The highest BCUT2D eigenvalue weighted by atomic mass is 16.3. The predicted molar refractivity (Wildman–Crippen MR) is 177 cm³/mol. The molecular formula is C40H22O3. The zero-order chi connectivity index (χ0) is 28.1. The van der Waals surface area contributed by atoms with Crippen LogP contribution in [0.25, 0.3) is 98.6 Å². The lowest BCUT2D eigenvalue weighted by Crippen LogP contribution is -1.91. The lowest BCUT2D eigenvalue weighted by atomic mass is 9.84. The zero-order valence-electron chi connectivity index (χ0n) is 22.9. The summed E-state index contributed by atoms with van der Waals surface area (Å²) in [6, 6.07) is 44.7. The first-order valence-electron chi connectivity index (χ1n) is 14.5. The van der Waals surface area contributed by atoms with Crippen LogP contribution in [0.15, 0.2) is 147 Å². The Labute approximate surface area is 245 Å². The molecule has 0 unspecified atom stereocenters. The molecular weight excluding hydrogens is 528 g/mol. The minimum absolute atomic E-state index is 0.857. The van der Waals surface area contributed by atoms with Gasteiger partial charge >= 0.3 is 0 Å². The van der Waals surface area contributed by atoms with E-state index >= 15 is 0 Å². The van der Waals surface area contributed by atoms with Gasteiger partial charge in [0.1, 0.15) is 27.9 Å². The maximum absolute atomic E-state index is 6.44. The molecule has 0 atom stereocenters. The van der Waals surface area contributed by atoms with E-state index in [1.807, 2.05) is 30.3 Å². The molecule has 43 heavy (non-hydrogen) atoms. The number of furan rings is 3. The van der Waals surface area contributed by atoms with Crippen LogP contribution < -0.4 is 0 Å². The van der Waals surface area contributed by atoms with Crippen molar-refractivity contribution in [1.29, 1.82) is 0 Å². The molecule has 10 rings (SSSR count). The summed E-state index contributed by atoms with van der Waals surface area (Å²) in [5.41, 5.74) is 9.13. The third kappa shape index (κ3) is 3.03. The van der Waals surface area contributed by atoms with Gasteiger partial charge in [0.15, 0.2) is 0 Å². The first-order valence-corrected chi connectivity index (χ1v) is 14.5. The molecule has 0 aliphatic rings. The van der Waals surface area contributed by atoms with Crippen LogP contribution in [-0.4, -0.2) is 0 Å². The van der Waals surface area contributed by atoms with Crippen LogP contribution in [0.3, 0.4) is 0 Å². The number of benzene rings is 7. The van der Waals surface area contributed by atoms with E-state index in [0.29, 0.717) is 0 Å². The zero-order valence-corrected chi connectivity index (χ0v) is 22.9. The highest BCUT2D eigenvalue weighted by molar-refractivity contribution is 6.29. The van der Waals surface area contributed by atoms with Crippen LogP contribution in [0.4, 0.5) is 0 Å². The number of rotatable bonds is 2. The molecule has 0 radical (unpaired) electrons. The van der Waals surface area contributed by atoms with Gasteiger partial charge in [0.25, 0.3) is 0 Å². The van der Waals surface area contributed by atoms with Gasteiger partial charge in [-0.2, -0.15) is 0 Å². The van der Waals surface area contributed by atoms with Crippen molar-refractivity contribution in [1.82, 2.24) is 0 Å². The van der Waals surface area contributed by atoms with Crippen molar-refractivity contribution in [2.75, 3.05) is 0 Å². The van der Waals surface area contributed by atoms with Crippen LogP contribution in [0.2, 0.25) is 0 Å².